The lowest BCUT2D eigenvalue weighted by molar-refractivity contribution is -0.143. The molecule has 0 spiro atoms. The van der Waals surface area contributed by atoms with Gasteiger partial charge in [0.25, 0.3) is 0 Å². The molecule has 19 heavy (non-hydrogen) atoms. The molecule has 0 saturated carbocycles. The third-order valence-electron chi connectivity index (χ3n) is 2.29. The van der Waals surface area contributed by atoms with Gasteiger partial charge in [-0.2, -0.15) is 26.3 Å². The molecule has 2 nitrogen and oxygen atoms in total. The third-order valence-corrected chi connectivity index (χ3v) is 2.29. The second-order valence-electron chi connectivity index (χ2n) is 3.76. The van der Waals surface area contributed by atoms with Crippen molar-refractivity contribution in [2.24, 2.45) is 0 Å². The lowest BCUT2D eigenvalue weighted by Crippen LogP contribution is -2.21. The second kappa shape index (κ2) is 5.10. The predicted molar refractivity (Wildman–Crippen MR) is 54.2 cm³/mol. The summed E-state index contributed by atoms with van der Waals surface area (Å²) in [5.74, 6) is -0.674. The zero-order chi connectivity index (χ0) is 14.8. The highest BCUT2D eigenvalue weighted by Gasteiger charge is 2.36. The van der Waals surface area contributed by atoms with Crippen molar-refractivity contribution in [3.8, 4) is 0 Å². The summed E-state index contributed by atoms with van der Waals surface area (Å²) in [5.41, 5.74) is -3.20. The molecule has 0 unspecified atom stereocenters. The van der Waals surface area contributed by atoms with E-state index in [1.165, 1.54) is 7.05 Å². The zero-order valence-electron chi connectivity index (χ0n) is 9.62. The predicted octanol–water partition coefficient (Wildman–Crippen LogP) is 3.01. The van der Waals surface area contributed by atoms with Crippen LogP contribution in [0.5, 0.6) is 0 Å². The van der Waals surface area contributed by atoms with Gasteiger partial charge in [-0.15, -0.1) is 0 Å². The number of hydrogen-bond donors (Lipinski definition) is 1. The summed E-state index contributed by atoms with van der Waals surface area (Å²) >= 11 is 0. The molecule has 1 rings (SSSR count). The van der Waals surface area contributed by atoms with Crippen LogP contribution in [0.1, 0.15) is 16.7 Å². The first-order chi connectivity index (χ1) is 8.54. The number of hydrogen-bond acceptors (Lipinski definition) is 1. The maximum atomic E-state index is 12.5. The Morgan fingerprint density at radius 1 is 1.00 bits per heavy atom. The van der Waals surface area contributed by atoms with Crippen molar-refractivity contribution >= 4 is 5.91 Å². The van der Waals surface area contributed by atoms with Crippen molar-refractivity contribution in [1.82, 2.24) is 5.32 Å². The molecule has 1 N–H and O–H groups in total. The van der Waals surface area contributed by atoms with Crippen LogP contribution in [0.25, 0.3) is 0 Å². The number of nitrogens with one attached hydrogen (secondary N) is 1. The largest absolute Gasteiger partial charge is 0.416 e. The molecule has 0 heterocycles. The number of carbonyl (C=O) groups excluding carboxylic acids is 1. The van der Waals surface area contributed by atoms with Crippen LogP contribution < -0.4 is 5.32 Å². The number of carbonyl (C=O) groups is 1. The Morgan fingerprint density at radius 3 is 1.74 bits per heavy atom. The molecular weight excluding hydrogens is 276 g/mol. The fourth-order valence-corrected chi connectivity index (χ4v) is 1.40. The normalized spacial score (nSPS) is 12.4. The van der Waals surface area contributed by atoms with Crippen LogP contribution in [-0.4, -0.2) is 13.0 Å². The molecule has 0 atom stereocenters. The summed E-state index contributed by atoms with van der Waals surface area (Å²) in [6.07, 6.45) is -10.4. The van der Waals surface area contributed by atoms with E-state index in [-0.39, 0.29) is 11.6 Å². The van der Waals surface area contributed by atoms with Gasteiger partial charge in [-0.1, -0.05) is 0 Å². The van der Waals surface area contributed by atoms with Crippen molar-refractivity contribution in [3.05, 3.63) is 34.9 Å². The number of amides is 1. The topological polar surface area (TPSA) is 29.1 Å². The Labute approximate surface area is 104 Å². The smallest absolute Gasteiger partial charge is 0.359 e. The first-order valence-electron chi connectivity index (χ1n) is 5.03. The number of rotatable bonds is 2. The van der Waals surface area contributed by atoms with Gasteiger partial charge in [0.2, 0.25) is 5.91 Å². The van der Waals surface area contributed by atoms with Gasteiger partial charge in [0.05, 0.1) is 17.5 Å². The molecule has 0 aliphatic carbocycles. The standard InChI is InChI=1S/C11H9F6NO/c1-18-9(19)4-6-2-7(10(12,13)14)5-8(3-6)11(15,16)17/h2-3,5H,4H2,1H3,(H,18,19). The van der Waals surface area contributed by atoms with E-state index in [9.17, 15) is 31.1 Å². The van der Waals surface area contributed by atoms with Crippen LogP contribution in [0.15, 0.2) is 18.2 Å². The monoisotopic (exact) mass is 285 g/mol. The molecule has 106 valence electrons. The summed E-state index contributed by atoms with van der Waals surface area (Å²) in [5, 5.41) is 2.13. The Hall–Kier alpha value is -1.73. The maximum Gasteiger partial charge on any atom is 0.416 e. The van der Waals surface area contributed by atoms with Crippen LogP contribution in [0.4, 0.5) is 26.3 Å². The Bertz CT molecular complexity index is 445. The van der Waals surface area contributed by atoms with Crippen LogP contribution in [0.3, 0.4) is 0 Å². The van der Waals surface area contributed by atoms with Gasteiger partial charge in [0.15, 0.2) is 0 Å². The van der Waals surface area contributed by atoms with Gasteiger partial charge in [0.1, 0.15) is 0 Å². The average molecular weight is 285 g/mol. The lowest BCUT2D eigenvalue weighted by Gasteiger charge is -2.13. The molecule has 1 aromatic rings. The minimum absolute atomic E-state index is 0.0212. The Balaban J connectivity index is 3.29. The van der Waals surface area contributed by atoms with E-state index in [0.29, 0.717) is 12.1 Å². The third kappa shape index (κ3) is 4.15. The first-order valence-corrected chi connectivity index (χ1v) is 5.03. The van der Waals surface area contributed by atoms with Crippen molar-refractivity contribution in [2.45, 2.75) is 18.8 Å². The molecule has 0 fully saturated rings. The second-order valence-corrected chi connectivity index (χ2v) is 3.76. The molecule has 8 heteroatoms. The van der Waals surface area contributed by atoms with Gasteiger partial charge in [0, 0.05) is 7.05 Å². The minimum Gasteiger partial charge on any atom is -0.359 e. The highest BCUT2D eigenvalue weighted by Crippen LogP contribution is 2.36. The summed E-state index contributed by atoms with van der Waals surface area (Å²) in [7, 11) is 1.24. The van der Waals surface area contributed by atoms with Crippen molar-refractivity contribution in [2.75, 3.05) is 7.05 Å². The fraction of sp³-hybridized carbons (Fsp3) is 0.364. The number of likely N-dealkylation sites (N-methyl/N-ethyl adjacent to an activating group) is 1. The first kappa shape index (κ1) is 15.3. The molecule has 0 saturated heterocycles. The van der Waals surface area contributed by atoms with Gasteiger partial charge < -0.3 is 5.32 Å². The van der Waals surface area contributed by atoms with Gasteiger partial charge in [-0.25, -0.2) is 0 Å². The summed E-state index contributed by atoms with van der Waals surface area (Å²) < 4.78 is 74.9. The minimum atomic E-state index is -4.90. The summed E-state index contributed by atoms with van der Waals surface area (Å²) in [6.45, 7) is 0. The molecule has 0 aliphatic heterocycles. The van der Waals surface area contributed by atoms with E-state index in [1.807, 2.05) is 0 Å². The van der Waals surface area contributed by atoms with Gasteiger partial charge >= 0.3 is 12.4 Å². The molecule has 1 aromatic carbocycles. The Kier molecular flexibility index (Phi) is 4.12. The highest BCUT2D eigenvalue weighted by molar-refractivity contribution is 5.78. The van der Waals surface area contributed by atoms with E-state index >= 15 is 0 Å². The number of halogens is 6. The average Bonchev–Trinajstić information content (AvgIpc) is 2.26. The van der Waals surface area contributed by atoms with Crippen molar-refractivity contribution in [1.29, 1.82) is 0 Å². The fourth-order valence-electron chi connectivity index (χ4n) is 1.40. The van der Waals surface area contributed by atoms with Crippen molar-refractivity contribution < 1.29 is 31.1 Å². The van der Waals surface area contributed by atoms with E-state index < -0.39 is 35.8 Å². The van der Waals surface area contributed by atoms with E-state index in [0.717, 1.165) is 0 Å². The molecule has 1 amide bonds. The lowest BCUT2D eigenvalue weighted by atomic mass is 10.0. The Morgan fingerprint density at radius 2 is 1.42 bits per heavy atom. The van der Waals surface area contributed by atoms with Gasteiger partial charge in [-0.05, 0) is 23.8 Å². The molecule has 0 radical (unpaired) electrons. The van der Waals surface area contributed by atoms with Crippen LogP contribution in [0.2, 0.25) is 0 Å². The maximum absolute atomic E-state index is 12.5. The van der Waals surface area contributed by atoms with Crippen LogP contribution in [0, 0.1) is 0 Å². The molecule has 0 aromatic heterocycles. The van der Waals surface area contributed by atoms with Gasteiger partial charge in [-0.3, -0.25) is 4.79 Å². The number of alkyl halides is 6. The zero-order valence-corrected chi connectivity index (χ0v) is 9.62. The van der Waals surface area contributed by atoms with E-state index in [4.69, 9.17) is 0 Å². The van der Waals surface area contributed by atoms with E-state index in [1.54, 1.807) is 0 Å². The number of benzene rings is 1. The molecule has 0 aliphatic rings. The van der Waals surface area contributed by atoms with Crippen molar-refractivity contribution in [3.63, 3.8) is 0 Å². The molecular formula is C11H9F6NO. The summed E-state index contributed by atoms with van der Waals surface area (Å²) in [6, 6.07) is 1.09. The van der Waals surface area contributed by atoms with Crippen LogP contribution >= 0.6 is 0 Å². The highest BCUT2D eigenvalue weighted by atomic mass is 19.4. The van der Waals surface area contributed by atoms with E-state index in [2.05, 4.69) is 5.32 Å². The SMILES string of the molecule is CNC(=O)Cc1cc(C(F)(F)F)cc(C(F)(F)F)c1. The molecule has 0 bridgehead atoms. The quantitative estimate of drug-likeness (QED) is 0.831. The van der Waals surface area contributed by atoms with Crippen LogP contribution in [-0.2, 0) is 23.6 Å². The summed E-state index contributed by atoms with van der Waals surface area (Å²) in [4.78, 5) is 11.0.